The molecule has 5 rings (SSSR count). The molecule has 2 aromatic carbocycles. The molecule has 52 heavy (non-hydrogen) atoms. The molecule has 10 atom stereocenters. The van der Waals surface area contributed by atoms with E-state index in [4.69, 9.17) is 47.4 Å². The van der Waals surface area contributed by atoms with E-state index in [0.29, 0.717) is 26.2 Å². The van der Waals surface area contributed by atoms with Crippen LogP contribution in [0.3, 0.4) is 0 Å². The van der Waals surface area contributed by atoms with E-state index in [9.17, 15) is 9.90 Å². The Morgan fingerprint density at radius 2 is 1.58 bits per heavy atom. The molecule has 290 valence electrons. The zero-order chi connectivity index (χ0) is 37.1. The van der Waals surface area contributed by atoms with Gasteiger partial charge in [-0.05, 0) is 49.3 Å². The first-order chi connectivity index (χ1) is 25.1. The van der Waals surface area contributed by atoms with Crippen molar-refractivity contribution < 1.29 is 57.3 Å². The van der Waals surface area contributed by atoms with Crippen LogP contribution in [0.25, 0.3) is 0 Å². The molecule has 0 aliphatic carbocycles. The van der Waals surface area contributed by atoms with Crippen molar-refractivity contribution in [3.05, 3.63) is 65.7 Å². The van der Waals surface area contributed by atoms with E-state index in [0.717, 1.165) is 22.6 Å². The Kier molecular flexibility index (Phi) is 15.6. The fourth-order valence-electron chi connectivity index (χ4n) is 6.65. The number of hydrogen-bond donors (Lipinski definition) is 2. The van der Waals surface area contributed by atoms with E-state index in [1.807, 2.05) is 68.4 Å². The molecule has 3 aliphatic heterocycles. The average molecular weight is 750 g/mol. The number of nitrogens with one attached hydrogen (secondary N) is 1. The maximum Gasteiger partial charge on any atom is 0.217 e. The third kappa shape index (κ3) is 11.1. The van der Waals surface area contributed by atoms with E-state index in [2.05, 4.69) is 12.2 Å². The molecule has 3 aliphatic rings. The second kappa shape index (κ2) is 19.8. The van der Waals surface area contributed by atoms with Gasteiger partial charge in [-0.25, -0.2) is 0 Å². The normalized spacial score (nSPS) is 31.2. The number of rotatable bonds is 19. The Morgan fingerprint density at radius 3 is 2.27 bits per heavy atom. The minimum atomic E-state index is -1.08. The Labute approximate surface area is 311 Å². The zero-order valence-electron chi connectivity index (χ0n) is 31.0. The van der Waals surface area contributed by atoms with Crippen molar-refractivity contribution in [1.82, 2.24) is 5.32 Å². The first kappa shape index (κ1) is 40.8. The lowest BCUT2D eigenvalue weighted by Gasteiger charge is -2.44. The van der Waals surface area contributed by atoms with Crippen LogP contribution >= 0.6 is 11.8 Å². The van der Waals surface area contributed by atoms with Crippen LogP contribution in [-0.2, 0) is 60.6 Å². The monoisotopic (exact) mass is 749 g/mol. The molecule has 0 radical (unpaired) electrons. The third-order valence-corrected chi connectivity index (χ3v) is 10.1. The summed E-state index contributed by atoms with van der Waals surface area (Å²) >= 11 is 1.67. The van der Waals surface area contributed by atoms with E-state index in [-0.39, 0.29) is 55.6 Å². The van der Waals surface area contributed by atoms with Crippen LogP contribution in [0.4, 0.5) is 0 Å². The predicted octanol–water partition coefficient (Wildman–Crippen LogP) is 3.82. The fraction of sp³-hybridized carbons (Fsp3) is 0.658. The van der Waals surface area contributed by atoms with Crippen LogP contribution in [0.2, 0.25) is 0 Å². The molecule has 3 saturated heterocycles. The third-order valence-electron chi connectivity index (χ3n) is 9.06. The molecule has 0 unspecified atom stereocenters. The number of carbonyl (C=O) groups excluding carboxylic acids is 1. The number of fused-ring (bicyclic) bond motifs is 1. The maximum atomic E-state index is 12.1. The van der Waals surface area contributed by atoms with Crippen molar-refractivity contribution in [2.75, 3.05) is 46.4 Å². The molecular weight excluding hydrogens is 694 g/mol. The Morgan fingerprint density at radius 1 is 0.865 bits per heavy atom. The summed E-state index contributed by atoms with van der Waals surface area (Å²) in [4.78, 5) is 12.1. The summed E-state index contributed by atoms with van der Waals surface area (Å²) < 4.78 is 60.8. The van der Waals surface area contributed by atoms with Crippen LogP contribution in [-0.4, -0.2) is 124 Å². The van der Waals surface area contributed by atoms with Gasteiger partial charge in [0.1, 0.15) is 60.0 Å². The number of amides is 1. The predicted molar refractivity (Wildman–Crippen MR) is 193 cm³/mol. The number of thioether (sulfide) groups is 1. The molecule has 0 spiro atoms. The van der Waals surface area contributed by atoms with Gasteiger partial charge in [0.05, 0.1) is 33.5 Å². The van der Waals surface area contributed by atoms with Gasteiger partial charge in [-0.2, -0.15) is 0 Å². The molecule has 0 aromatic heterocycles. The number of benzene rings is 2. The van der Waals surface area contributed by atoms with Crippen LogP contribution in [0.15, 0.2) is 54.6 Å². The number of aliphatic hydroxyl groups is 1. The molecule has 2 N–H and O–H groups in total. The second-order valence-electron chi connectivity index (χ2n) is 13.4. The number of aliphatic hydroxyl groups excluding tert-OH is 1. The first-order valence-electron chi connectivity index (χ1n) is 17.9. The summed E-state index contributed by atoms with van der Waals surface area (Å²) in [5, 5.41) is 14.1. The topological polar surface area (TPSA) is 142 Å². The fourth-order valence-corrected chi connectivity index (χ4v) is 7.62. The zero-order valence-corrected chi connectivity index (χ0v) is 31.8. The van der Waals surface area contributed by atoms with Gasteiger partial charge in [0.2, 0.25) is 5.91 Å². The van der Waals surface area contributed by atoms with Gasteiger partial charge in [-0.1, -0.05) is 49.4 Å². The van der Waals surface area contributed by atoms with E-state index in [1.165, 1.54) is 14.0 Å². The summed E-state index contributed by atoms with van der Waals surface area (Å²) in [7, 11) is 3.13. The Hall–Kier alpha value is -2.34. The maximum absolute atomic E-state index is 12.1. The molecule has 14 heteroatoms. The number of hydrogen-bond acceptors (Lipinski definition) is 13. The highest BCUT2D eigenvalue weighted by Gasteiger charge is 2.56. The number of methoxy groups -OCH3 is 2. The molecule has 3 fully saturated rings. The van der Waals surface area contributed by atoms with E-state index >= 15 is 0 Å². The molecule has 0 bridgehead atoms. The minimum Gasteiger partial charge on any atom is -0.497 e. The van der Waals surface area contributed by atoms with E-state index in [1.54, 1.807) is 18.9 Å². The Balaban J connectivity index is 1.13. The summed E-state index contributed by atoms with van der Waals surface area (Å²) in [6.07, 6.45) is -4.39. The lowest BCUT2D eigenvalue weighted by Crippen LogP contribution is -2.65. The smallest absolute Gasteiger partial charge is 0.217 e. The van der Waals surface area contributed by atoms with Gasteiger partial charge in [0, 0.05) is 27.2 Å². The standard InChI is InChI=1S/C38H55NO12S/c1-7-52-37-35(47-21-26-14-16-27(42-5)17-15-26)34-32(50-38(3,4)51-34)29(49-37)23-44-18-11-19-46-33-30(39-24(2)40)36(43-6)48-28(31(33)41)22-45-20-25-12-9-8-10-13-25/h8-10,12-17,28-37,41H,7,11,18-23H2,1-6H3,(H,39,40)/t28-,29-,30-,31-,32+,33-,34+,35-,36-,37+/m1/s1. The van der Waals surface area contributed by atoms with Crippen LogP contribution in [0.5, 0.6) is 5.75 Å². The highest BCUT2D eigenvalue weighted by molar-refractivity contribution is 7.99. The molecule has 2 aromatic rings. The summed E-state index contributed by atoms with van der Waals surface area (Å²) in [5.74, 6) is 0.522. The first-order valence-corrected chi connectivity index (χ1v) is 19.0. The Bertz CT molecular complexity index is 1350. The van der Waals surface area contributed by atoms with Gasteiger partial charge in [-0.15, -0.1) is 11.8 Å². The van der Waals surface area contributed by atoms with E-state index < -0.39 is 36.4 Å². The van der Waals surface area contributed by atoms with Crippen molar-refractivity contribution >= 4 is 17.7 Å². The quantitative estimate of drug-likeness (QED) is 0.201. The summed E-state index contributed by atoms with van der Waals surface area (Å²) in [5.41, 5.74) is 1.74. The van der Waals surface area contributed by atoms with Crippen LogP contribution in [0.1, 0.15) is 45.2 Å². The molecule has 13 nitrogen and oxygen atoms in total. The van der Waals surface area contributed by atoms with Crippen molar-refractivity contribution in [2.45, 2.75) is 114 Å². The van der Waals surface area contributed by atoms with Gasteiger partial charge in [0.15, 0.2) is 12.1 Å². The SMILES string of the molecule is CCS[C@@H]1O[C@H](COCCCO[C@H]2[C@H](O)[C@@H](COCc3ccccc3)O[C@@H](OC)[C@@H]2NC(C)=O)[C@@H]2OC(C)(C)O[C@@H]2[C@H]1OCc1ccc(OC)cc1. The van der Waals surface area contributed by atoms with Crippen molar-refractivity contribution in [1.29, 1.82) is 0 Å². The largest absolute Gasteiger partial charge is 0.497 e. The highest BCUT2D eigenvalue weighted by atomic mass is 32.2. The second-order valence-corrected chi connectivity index (χ2v) is 14.8. The number of ether oxygens (including phenoxy) is 10. The van der Waals surface area contributed by atoms with Crippen LogP contribution < -0.4 is 10.1 Å². The molecule has 3 heterocycles. The van der Waals surface area contributed by atoms with Crippen molar-refractivity contribution in [3.63, 3.8) is 0 Å². The highest BCUT2D eigenvalue weighted by Crippen LogP contribution is 2.41. The lowest BCUT2D eigenvalue weighted by atomic mass is 9.96. The lowest BCUT2D eigenvalue weighted by molar-refractivity contribution is -0.273. The van der Waals surface area contributed by atoms with Crippen molar-refractivity contribution in [2.24, 2.45) is 0 Å². The van der Waals surface area contributed by atoms with Gasteiger partial charge < -0.3 is 57.8 Å². The van der Waals surface area contributed by atoms with Gasteiger partial charge >= 0.3 is 0 Å². The molecule has 0 saturated carbocycles. The molecule has 1 amide bonds. The summed E-state index contributed by atoms with van der Waals surface area (Å²) in [6, 6.07) is 16.8. The van der Waals surface area contributed by atoms with Crippen molar-refractivity contribution in [3.8, 4) is 5.75 Å². The average Bonchev–Trinajstić information content (AvgIpc) is 3.46. The van der Waals surface area contributed by atoms with Crippen LogP contribution in [0, 0.1) is 0 Å². The summed E-state index contributed by atoms with van der Waals surface area (Å²) in [6.45, 7) is 9.06. The van der Waals surface area contributed by atoms with Gasteiger partial charge in [0.25, 0.3) is 0 Å². The molecular formula is C38H55NO12S. The number of carbonyl (C=O) groups is 1. The minimum absolute atomic E-state index is 0.114. The van der Waals surface area contributed by atoms with Gasteiger partial charge in [-0.3, -0.25) is 4.79 Å².